The van der Waals surface area contributed by atoms with Gasteiger partial charge >= 0.3 is 0 Å². The van der Waals surface area contributed by atoms with E-state index in [1.165, 1.54) is 48.5 Å². The molecule has 0 spiro atoms. The van der Waals surface area contributed by atoms with Crippen LogP contribution in [-0.2, 0) is 80.6 Å². The van der Waals surface area contributed by atoms with Crippen LogP contribution >= 0.6 is 0 Å². The van der Waals surface area contributed by atoms with Gasteiger partial charge in [-0.15, -0.1) is 0 Å². The van der Waals surface area contributed by atoms with Crippen molar-refractivity contribution in [3.8, 4) is 0 Å². The Morgan fingerprint density at radius 2 is 0.580 bits per heavy atom. The maximum absolute atomic E-state index is 13.0. The number of ether oxygens (including phenoxy) is 15. The molecule has 36 heteroatoms. The summed E-state index contributed by atoms with van der Waals surface area (Å²) in [6, 6.07) is -3.32. The molecule has 0 unspecified atom stereocenters. The summed E-state index contributed by atoms with van der Waals surface area (Å²) in [5.74, 6) is -1.58. The van der Waals surface area contributed by atoms with Crippen LogP contribution in [0.3, 0.4) is 0 Å². The number of hydrogen-bond acceptors (Lipinski definition) is 34. The summed E-state index contributed by atoms with van der Waals surface area (Å²) in [6.45, 7) is 10.6. The zero-order valence-corrected chi connectivity index (χ0v) is 49.3. The third-order valence-electron chi connectivity index (χ3n) is 17.2. The highest BCUT2D eigenvalue weighted by atomic mass is 16.8. The highest BCUT2D eigenvalue weighted by Gasteiger charge is 2.59. The van der Waals surface area contributed by atoms with Crippen LogP contribution in [0.25, 0.3) is 0 Å². The lowest BCUT2D eigenvalue weighted by atomic mass is 9.94. The quantitative estimate of drug-likeness (QED) is 0.0643. The molecule has 8 heterocycles. The third kappa shape index (κ3) is 14.9. The topological polar surface area (TPSA) is 541 Å². The van der Waals surface area contributed by atoms with Crippen molar-refractivity contribution in [2.75, 3.05) is 6.61 Å². The van der Waals surface area contributed by atoms with Crippen LogP contribution < -0.4 is 10.6 Å². The van der Waals surface area contributed by atoms with E-state index in [0.717, 1.165) is 13.8 Å². The monoisotopic (exact) mass is 1280 g/mol. The van der Waals surface area contributed by atoms with Gasteiger partial charge in [0.05, 0.1) is 49.3 Å². The molecule has 19 N–H and O–H groups in total. The predicted octanol–water partition coefficient (Wildman–Crippen LogP) is -11.0. The highest BCUT2D eigenvalue weighted by molar-refractivity contribution is 5.73. The Balaban J connectivity index is 1.04. The molecule has 8 fully saturated rings. The van der Waals surface area contributed by atoms with Gasteiger partial charge in [0.1, 0.15) is 152 Å². The Morgan fingerprint density at radius 1 is 0.295 bits per heavy atom. The zero-order chi connectivity index (χ0) is 65.0. The first-order chi connectivity index (χ1) is 41.3. The van der Waals surface area contributed by atoms with Crippen LogP contribution in [0, 0.1) is 0 Å². The molecule has 36 nitrogen and oxygen atoms in total. The lowest BCUT2D eigenvalue weighted by Crippen LogP contribution is -2.70. The van der Waals surface area contributed by atoms with E-state index in [1.807, 2.05) is 0 Å². The number of amides is 2. The number of aliphatic hydroxyl groups is 17. The Bertz CT molecular complexity index is 2260. The molecular formula is C52H88N2O34. The minimum atomic E-state index is -2.14. The van der Waals surface area contributed by atoms with Gasteiger partial charge in [-0.1, -0.05) is 0 Å². The molecule has 0 aromatic heterocycles. The van der Waals surface area contributed by atoms with Crippen molar-refractivity contribution in [3.05, 3.63) is 0 Å². The normalized spacial score (nSPS) is 53.9. The largest absolute Gasteiger partial charge is 0.394 e. The van der Waals surface area contributed by atoms with E-state index >= 15 is 0 Å². The predicted molar refractivity (Wildman–Crippen MR) is 278 cm³/mol. The van der Waals surface area contributed by atoms with E-state index in [2.05, 4.69) is 10.6 Å². The van der Waals surface area contributed by atoms with Gasteiger partial charge in [-0.3, -0.25) is 9.59 Å². The van der Waals surface area contributed by atoms with E-state index in [1.54, 1.807) is 0 Å². The molecule has 510 valence electrons. The van der Waals surface area contributed by atoms with Gasteiger partial charge in [0, 0.05) is 13.8 Å². The van der Waals surface area contributed by atoms with Crippen molar-refractivity contribution in [2.45, 2.75) is 308 Å². The molecule has 8 aliphatic heterocycles. The van der Waals surface area contributed by atoms with Crippen molar-refractivity contribution in [1.29, 1.82) is 0 Å². The van der Waals surface area contributed by atoms with Crippen LogP contribution in [0.2, 0.25) is 0 Å². The lowest BCUT2D eigenvalue weighted by molar-refractivity contribution is -0.402. The molecule has 0 bridgehead atoms. The fourth-order valence-electron chi connectivity index (χ4n) is 11.8. The van der Waals surface area contributed by atoms with E-state index in [4.69, 9.17) is 71.1 Å². The second-order valence-corrected chi connectivity index (χ2v) is 23.7. The van der Waals surface area contributed by atoms with Crippen LogP contribution in [0.5, 0.6) is 0 Å². The Hall–Kier alpha value is -2.34. The summed E-state index contributed by atoms with van der Waals surface area (Å²) in [5.41, 5.74) is 0. The minimum Gasteiger partial charge on any atom is -0.394 e. The average molecular weight is 1290 g/mol. The van der Waals surface area contributed by atoms with Crippen molar-refractivity contribution in [3.63, 3.8) is 0 Å². The van der Waals surface area contributed by atoms with Gasteiger partial charge in [-0.2, -0.15) is 0 Å². The molecule has 2 amide bonds. The summed E-state index contributed by atoms with van der Waals surface area (Å²) < 4.78 is 89.5. The number of rotatable bonds is 17. The average Bonchev–Trinajstić information content (AvgIpc) is 1.64. The van der Waals surface area contributed by atoms with E-state index in [0.29, 0.717) is 0 Å². The zero-order valence-electron chi connectivity index (χ0n) is 49.3. The SMILES string of the molecule is CC(=O)N[C@H]1[C@H](O[C@H]2[C@H](O[C@@H]3[C@H](O)[C@@H](O)[C@H](C)O[C@H]3O)O[C@@H](C)[C@H](O)[C@H]2O)O[C@@H](C)[C@H](O)[C@H]1O[C@@H]1O[C@@H](C)[C@H](O)[C@@H](O[C@@H]2O[C@@H](C)[C@H](O)[C@@H](O)[C@H]2O[C@@H]2O[C@@H](C)[C@H](O)[C@@H](O)[C@H]2O[C@@H]2O[C@H](CO)[C@@H](O)[C@H](O[C@@H]3O[C@@H](C)[C@H](O)[C@@H](O)[C@H]3O)[C@H]2NC(C)=O)[C@H]1O. The van der Waals surface area contributed by atoms with Crippen LogP contribution in [0.4, 0.5) is 0 Å². The Morgan fingerprint density at radius 3 is 1.00 bits per heavy atom. The number of nitrogens with one attached hydrogen (secondary N) is 2. The molecule has 8 saturated heterocycles. The van der Waals surface area contributed by atoms with Crippen molar-refractivity contribution in [2.24, 2.45) is 0 Å². The summed E-state index contributed by atoms with van der Waals surface area (Å²) in [4.78, 5) is 25.7. The molecule has 88 heavy (non-hydrogen) atoms. The first-order valence-electron chi connectivity index (χ1n) is 29.1. The number of hydrogen-bond donors (Lipinski definition) is 19. The van der Waals surface area contributed by atoms with Crippen molar-refractivity contribution >= 4 is 11.8 Å². The van der Waals surface area contributed by atoms with Crippen LogP contribution in [0.15, 0.2) is 0 Å². The van der Waals surface area contributed by atoms with Gasteiger partial charge in [0.15, 0.2) is 50.3 Å². The summed E-state index contributed by atoms with van der Waals surface area (Å²) in [6.07, 6.45) is -65.7. The molecule has 8 aliphatic rings. The molecule has 8 rings (SSSR count). The van der Waals surface area contributed by atoms with Gasteiger partial charge in [-0.25, -0.2) is 0 Å². The second kappa shape index (κ2) is 29.5. The molecular weight excluding hydrogens is 1200 g/mol. The first kappa shape index (κ1) is 71.5. The van der Waals surface area contributed by atoms with E-state index in [-0.39, 0.29) is 0 Å². The molecule has 40 atom stereocenters. The number of carbonyl (C=O) groups is 2. The number of carbonyl (C=O) groups excluding carboxylic acids is 2. The van der Waals surface area contributed by atoms with Gasteiger partial charge in [0.2, 0.25) is 11.8 Å². The molecule has 0 aliphatic carbocycles. The Labute approximate surface area is 503 Å². The molecule has 0 radical (unpaired) electrons. The standard InChI is InChI=1S/C52H88N2O34/c1-11-24(59)32(67)41(45(73)74-11)85-51-42(33(68)25(60)14(4)79-51)86-46-21(53-18(8)56)38(28(63)16(6)75-46)82-49-37(72)40(29(64)17(7)77-49)84-50-44(35(70)27(62)13(3)78-50)88-52-43(34(69)26(61)15(5)80-52)87-47-22(54-19(9)57)39(30(65)20(10-55)81-47)83-48-36(71)31(66)23(58)12(2)76-48/h11-17,20-52,55,58-73H,10H2,1-9H3,(H,53,56)(H,54,57)/t11-,12-,13-,14-,15-,16-,17-,20+,21+,22+,23-,24-,25-,26-,27-,28-,29-,30+,31+,32+,33+,34+,35+,36+,37+,38-,39+,40+,41+,42+,43+,44+,45+,46-,47-,48-,49-,50-,51-,52-/m0/s1. The lowest BCUT2D eigenvalue weighted by Gasteiger charge is -2.51. The molecule has 0 saturated carbocycles. The first-order valence-corrected chi connectivity index (χ1v) is 29.1. The van der Waals surface area contributed by atoms with E-state index < -0.39 is 264 Å². The van der Waals surface area contributed by atoms with Crippen molar-refractivity contribution in [1.82, 2.24) is 10.6 Å². The van der Waals surface area contributed by atoms with Crippen molar-refractivity contribution < 1.29 is 167 Å². The highest BCUT2D eigenvalue weighted by Crippen LogP contribution is 2.39. The fraction of sp³-hybridized carbons (Fsp3) is 0.962. The molecule has 0 aromatic carbocycles. The summed E-state index contributed by atoms with van der Waals surface area (Å²) in [7, 11) is 0. The van der Waals surface area contributed by atoms with Gasteiger partial charge in [-0.05, 0) is 48.5 Å². The second-order valence-electron chi connectivity index (χ2n) is 23.7. The molecule has 0 aromatic rings. The fourth-order valence-corrected chi connectivity index (χ4v) is 11.8. The van der Waals surface area contributed by atoms with E-state index in [9.17, 15) is 96.4 Å². The third-order valence-corrected chi connectivity index (χ3v) is 17.2. The minimum absolute atomic E-state index is 0.779. The Kier molecular flexibility index (Phi) is 24.0. The van der Waals surface area contributed by atoms with Crippen LogP contribution in [-0.4, -0.2) is 351 Å². The van der Waals surface area contributed by atoms with Gasteiger partial charge < -0.3 is 168 Å². The summed E-state index contributed by atoms with van der Waals surface area (Å²) in [5, 5.41) is 194. The number of aliphatic hydroxyl groups excluding tert-OH is 17. The van der Waals surface area contributed by atoms with Crippen LogP contribution in [0.1, 0.15) is 62.3 Å². The maximum atomic E-state index is 13.0. The van der Waals surface area contributed by atoms with Gasteiger partial charge in [0.25, 0.3) is 0 Å². The smallest absolute Gasteiger partial charge is 0.217 e. The summed E-state index contributed by atoms with van der Waals surface area (Å²) >= 11 is 0. The maximum Gasteiger partial charge on any atom is 0.217 e.